The zero-order chi connectivity index (χ0) is 14.0. The summed E-state index contributed by atoms with van der Waals surface area (Å²) < 4.78 is 12.8. The third-order valence-electron chi connectivity index (χ3n) is 2.63. The van der Waals surface area contributed by atoms with E-state index in [1.54, 1.807) is 7.05 Å². The van der Waals surface area contributed by atoms with Gasteiger partial charge in [0.05, 0.1) is 10.6 Å². The molecule has 0 saturated heterocycles. The minimum atomic E-state index is -0.365. The quantitative estimate of drug-likeness (QED) is 0.919. The number of nitrogens with two attached hydrogens (primary N) is 1. The molecule has 1 aromatic carbocycles. The Morgan fingerprint density at radius 1 is 1.37 bits per heavy atom. The van der Waals surface area contributed by atoms with Gasteiger partial charge in [0.1, 0.15) is 11.6 Å². The van der Waals surface area contributed by atoms with Crippen LogP contribution in [0.5, 0.6) is 0 Å². The number of pyridine rings is 1. The Labute approximate surface area is 114 Å². The molecule has 0 saturated carbocycles. The van der Waals surface area contributed by atoms with Crippen LogP contribution in [0.3, 0.4) is 0 Å². The highest BCUT2D eigenvalue weighted by Gasteiger charge is 2.17. The highest BCUT2D eigenvalue weighted by molar-refractivity contribution is 6.34. The van der Waals surface area contributed by atoms with Crippen molar-refractivity contribution in [3.05, 3.63) is 52.9 Å². The zero-order valence-corrected chi connectivity index (χ0v) is 10.9. The number of amides is 1. The van der Waals surface area contributed by atoms with Crippen LogP contribution in [-0.4, -0.2) is 17.9 Å². The number of hydrogen-bond acceptors (Lipinski definition) is 3. The van der Waals surface area contributed by atoms with E-state index in [2.05, 4.69) is 4.98 Å². The van der Waals surface area contributed by atoms with Gasteiger partial charge >= 0.3 is 0 Å². The molecule has 0 aliphatic carbocycles. The number of carbonyl (C=O) groups excluding carboxylic acids is 1. The molecular weight excluding hydrogens is 269 g/mol. The Kier molecular flexibility index (Phi) is 3.66. The largest absolute Gasteiger partial charge is 0.384 e. The van der Waals surface area contributed by atoms with E-state index in [0.717, 1.165) is 0 Å². The molecule has 0 bridgehead atoms. The lowest BCUT2D eigenvalue weighted by Gasteiger charge is -2.18. The van der Waals surface area contributed by atoms with Crippen molar-refractivity contribution in [3.63, 3.8) is 0 Å². The van der Waals surface area contributed by atoms with E-state index in [0.29, 0.717) is 5.69 Å². The number of aromatic nitrogens is 1. The molecule has 0 aliphatic heterocycles. The summed E-state index contributed by atoms with van der Waals surface area (Å²) in [6.45, 7) is 0. The smallest absolute Gasteiger partial charge is 0.259 e. The van der Waals surface area contributed by atoms with Gasteiger partial charge in [-0.15, -0.1) is 0 Å². The lowest BCUT2D eigenvalue weighted by atomic mass is 10.2. The van der Waals surface area contributed by atoms with Gasteiger partial charge in [-0.05, 0) is 30.3 Å². The van der Waals surface area contributed by atoms with Gasteiger partial charge in [-0.1, -0.05) is 11.6 Å². The fourth-order valence-electron chi connectivity index (χ4n) is 1.58. The van der Waals surface area contributed by atoms with E-state index in [1.807, 2.05) is 0 Å². The maximum atomic E-state index is 12.8. The van der Waals surface area contributed by atoms with E-state index < -0.39 is 0 Å². The van der Waals surface area contributed by atoms with Crippen LogP contribution in [0.15, 0.2) is 36.5 Å². The second-order valence-electron chi connectivity index (χ2n) is 3.93. The van der Waals surface area contributed by atoms with Crippen molar-refractivity contribution in [1.29, 1.82) is 0 Å². The topological polar surface area (TPSA) is 59.2 Å². The molecule has 19 heavy (non-hydrogen) atoms. The number of anilines is 2. The average molecular weight is 280 g/mol. The summed E-state index contributed by atoms with van der Waals surface area (Å²) in [7, 11) is 1.57. The molecule has 0 fully saturated rings. The van der Waals surface area contributed by atoms with Crippen LogP contribution in [0.25, 0.3) is 0 Å². The van der Waals surface area contributed by atoms with Gasteiger partial charge in [0, 0.05) is 18.9 Å². The minimum absolute atomic E-state index is 0.209. The highest BCUT2D eigenvalue weighted by Crippen LogP contribution is 2.21. The first-order valence-corrected chi connectivity index (χ1v) is 5.81. The predicted molar refractivity (Wildman–Crippen MR) is 72.8 cm³/mol. The molecule has 0 spiro atoms. The lowest BCUT2D eigenvalue weighted by Crippen LogP contribution is -2.26. The molecule has 4 nitrogen and oxygen atoms in total. The molecule has 2 N–H and O–H groups in total. The maximum absolute atomic E-state index is 12.8. The van der Waals surface area contributed by atoms with E-state index in [-0.39, 0.29) is 28.1 Å². The molecular formula is C13H11ClFN3O. The number of benzene rings is 1. The summed E-state index contributed by atoms with van der Waals surface area (Å²) in [4.78, 5) is 17.4. The summed E-state index contributed by atoms with van der Waals surface area (Å²) >= 11 is 5.92. The second kappa shape index (κ2) is 5.24. The Morgan fingerprint density at radius 3 is 2.63 bits per heavy atom. The van der Waals surface area contributed by atoms with Crippen LogP contribution in [0.4, 0.5) is 15.9 Å². The third-order valence-corrected chi connectivity index (χ3v) is 2.93. The van der Waals surface area contributed by atoms with Gasteiger partial charge in [0.25, 0.3) is 5.91 Å². The van der Waals surface area contributed by atoms with Crippen LogP contribution in [0.2, 0.25) is 5.02 Å². The van der Waals surface area contributed by atoms with Gasteiger partial charge in [-0.2, -0.15) is 0 Å². The molecule has 1 aromatic heterocycles. The number of carbonyl (C=O) groups is 1. The predicted octanol–water partition coefficient (Wildman–Crippen LogP) is 2.73. The summed E-state index contributed by atoms with van der Waals surface area (Å²) in [5.74, 6) is -0.498. The first-order chi connectivity index (χ1) is 8.99. The van der Waals surface area contributed by atoms with Gasteiger partial charge < -0.3 is 10.6 Å². The van der Waals surface area contributed by atoms with Crippen molar-refractivity contribution in [1.82, 2.24) is 4.98 Å². The maximum Gasteiger partial charge on any atom is 0.259 e. The van der Waals surface area contributed by atoms with E-state index in [9.17, 15) is 9.18 Å². The van der Waals surface area contributed by atoms with Crippen LogP contribution in [0, 0.1) is 5.82 Å². The van der Waals surface area contributed by atoms with E-state index >= 15 is 0 Å². The lowest BCUT2D eigenvalue weighted by molar-refractivity contribution is 0.0993. The minimum Gasteiger partial charge on any atom is -0.384 e. The molecule has 1 amide bonds. The van der Waals surface area contributed by atoms with Crippen molar-refractivity contribution in [2.75, 3.05) is 17.7 Å². The summed E-state index contributed by atoms with van der Waals surface area (Å²) in [5.41, 5.74) is 6.34. The fraction of sp³-hybridized carbons (Fsp3) is 0.0769. The molecule has 0 aliphatic rings. The van der Waals surface area contributed by atoms with Crippen molar-refractivity contribution in [2.24, 2.45) is 0 Å². The van der Waals surface area contributed by atoms with E-state index in [4.69, 9.17) is 17.3 Å². The van der Waals surface area contributed by atoms with Crippen molar-refractivity contribution in [2.45, 2.75) is 0 Å². The van der Waals surface area contributed by atoms with Gasteiger partial charge in [-0.25, -0.2) is 9.37 Å². The molecule has 98 valence electrons. The summed E-state index contributed by atoms with van der Waals surface area (Å²) in [6.07, 6.45) is 1.32. The van der Waals surface area contributed by atoms with Crippen molar-refractivity contribution >= 4 is 29.0 Å². The molecule has 0 radical (unpaired) electrons. The van der Waals surface area contributed by atoms with Gasteiger partial charge in [0.2, 0.25) is 0 Å². The van der Waals surface area contributed by atoms with Crippen molar-refractivity contribution in [3.8, 4) is 0 Å². The van der Waals surface area contributed by atoms with Crippen LogP contribution < -0.4 is 10.6 Å². The first kappa shape index (κ1) is 13.3. The SMILES string of the molecule is CN(C(=O)c1cc(N)ncc1Cl)c1ccc(F)cc1. The Balaban J connectivity index is 2.33. The molecule has 0 atom stereocenters. The first-order valence-electron chi connectivity index (χ1n) is 5.43. The molecule has 2 rings (SSSR count). The Hall–Kier alpha value is -2.14. The molecule has 6 heteroatoms. The van der Waals surface area contributed by atoms with Crippen molar-refractivity contribution < 1.29 is 9.18 Å². The summed E-state index contributed by atoms with van der Waals surface area (Å²) in [6, 6.07) is 6.98. The second-order valence-corrected chi connectivity index (χ2v) is 4.34. The van der Waals surface area contributed by atoms with Crippen LogP contribution in [0.1, 0.15) is 10.4 Å². The van der Waals surface area contributed by atoms with Gasteiger partial charge in [-0.3, -0.25) is 4.79 Å². The third kappa shape index (κ3) is 2.82. The monoisotopic (exact) mass is 279 g/mol. The van der Waals surface area contributed by atoms with Gasteiger partial charge in [0.15, 0.2) is 0 Å². The normalized spacial score (nSPS) is 10.3. The van der Waals surface area contributed by atoms with Crippen LogP contribution >= 0.6 is 11.6 Å². The molecule has 1 heterocycles. The zero-order valence-electron chi connectivity index (χ0n) is 10.1. The summed E-state index contributed by atoms with van der Waals surface area (Å²) in [5, 5.41) is 0.216. The number of nitrogen functional groups attached to an aromatic ring is 1. The fourth-order valence-corrected chi connectivity index (χ4v) is 1.77. The Morgan fingerprint density at radius 2 is 2.00 bits per heavy atom. The average Bonchev–Trinajstić information content (AvgIpc) is 2.41. The number of rotatable bonds is 2. The standard InChI is InChI=1S/C13H11ClFN3O/c1-18(9-4-2-8(15)3-5-9)13(19)10-6-12(16)17-7-11(10)14/h2-7H,1H3,(H2,16,17). The van der Waals surface area contributed by atoms with Crippen LogP contribution in [-0.2, 0) is 0 Å². The Bertz CT molecular complexity index is 616. The molecule has 2 aromatic rings. The van der Waals surface area contributed by atoms with E-state index in [1.165, 1.54) is 41.4 Å². The number of halogens is 2. The molecule has 0 unspecified atom stereocenters. The number of hydrogen-bond donors (Lipinski definition) is 1. The highest BCUT2D eigenvalue weighted by atomic mass is 35.5. The number of nitrogens with zero attached hydrogens (tertiary/aromatic N) is 2.